The number of hydrogen-bond acceptors (Lipinski definition) is 1. The molecule has 0 aliphatic heterocycles. The molecule has 1 nitrogen and oxygen atoms in total. The van der Waals surface area contributed by atoms with E-state index in [-0.39, 0.29) is 5.75 Å². The maximum atomic E-state index is 9.65. The van der Waals surface area contributed by atoms with Gasteiger partial charge in [-0.3, -0.25) is 0 Å². The molecular weight excluding hydrogens is 400 g/mol. The van der Waals surface area contributed by atoms with Crippen LogP contribution in [0.1, 0.15) is 0 Å². The van der Waals surface area contributed by atoms with Crippen LogP contribution in [0.15, 0.2) is 49.8 Å². The Balaban J connectivity index is 2.71. The van der Waals surface area contributed by atoms with Crippen LogP contribution in [0.5, 0.6) is 5.75 Å². The summed E-state index contributed by atoms with van der Waals surface area (Å²) in [5.74, 6) is 0.207. The molecule has 2 rings (SSSR count). The Kier molecular flexibility index (Phi) is 3.72. The van der Waals surface area contributed by atoms with Crippen LogP contribution in [-0.4, -0.2) is 5.11 Å². The fourth-order valence-corrected chi connectivity index (χ4v) is 3.32. The third kappa shape index (κ3) is 2.19. The molecule has 0 saturated heterocycles. The molecule has 0 heterocycles. The van der Waals surface area contributed by atoms with E-state index in [1.54, 1.807) is 6.07 Å². The van der Waals surface area contributed by atoms with Gasteiger partial charge in [0, 0.05) is 14.5 Å². The molecule has 0 radical (unpaired) electrons. The first-order chi connectivity index (χ1) is 7.61. The number of phenolic OH excluding ortho intramolecular Hbond substituents is 1. The Labute approximate surface area is 119 Å². The van der Waals surface area contributed by atoms with Gasteiger partial charge in [-0.1, -0.05) is 30.3 Å². The van der Waals surface area contributed by atoms with Gasteiger partial charge in [-0.2, -0.15) is 0 Å². The molecule has 2 aromatic rings. The first-order valence-electron chi connectivity index (χ1n) is 4.53. The lowest BCUT2D eigenvalue weighted by atomic mass is 10.1. The minimum Gasteiger partial charge on any atom is -0.507 e. The molecular formula is C12H7Br3O. The van der Waals surface area contributed by atoms with Crippen molar-refractivity contribution in [2.45, 2.75) is 0 Å². The van der Waals surface area contributed by atoms with Gasteiger partial charge in [0.15, 0.2) is 0 Å². The highest BCUT2D eigenvalue weighted by atomic mass is 79.9. The topological polar surface area (TPSA) is 20.2 Å². The van der Waals surface area contributed by atoms with Gasteiger partial charge in [0.1, 0.15) is 5.75 Å². The van der Waals surface area contributed by atoms with Gasteiger partial charge < -0.3 is 5.11 Å². The molecule has 0 unspecified atom stereocenters. The van der Waals surface area contributed by atoms with Gasteiger partial charge in [0.25, 0.3) is 0 Å². The fraction of sp³-hybridized carbons (Fsp3) is 0. The average Bonchev–Trinajstić information content (AvgIpc) is 2.28. The number of benzene rings is 2. The van der Waals surface area contributed by atoms with Crippen molar-refractivity contribution in [3.63, 3.8) is 0 Å². The Morgan fingerprint density at radius 3 is 2.12 bits per heavy atom. The summed E-state index contributed by atoms with van der Waals surface area (Å²) in [5.41, 5.74) is 2.10. The normalized spacial score (nSPS) is 10.4. The SMILES string of the molecule is Oc1cc(Br)c(-c2ccccc2)c(Br)c1Br. The Morgan fingerprint density at radius 2 is 1.50 bits per heavy atom. The summed E-state index contributed by atoms with van der Waals surface area (Å²) >= 11 is 10.3. The van der Waals surface area contributed by atoms with Crippen molar-refractivity contribution < 1.29 is 5.11 Å². The van der Waals surface area contributed by atoms with Crippen molar-refractivity contribution in [3.05, 3.63) is 49.8 Å². The molecule has 0 fully saturated rings. The van der Waals surface area contributed by atoms with Crippen LogP contribution >= 0.6 is 47.8 Å². The first kappa shape index (κ1) is 12.1. The van der Waals surface area contributed by atoms with Crippen LogP contribution in [0.2, 0.25) is 0 Å². The quantitative estimate of drug-likeness (QED) is 0.633. The molecule has 2 aromatic carbocycles. The summed E-state index contributed by atoms with van der Waals surface area (Å²) in [5, 5.41) is 9.65. The van der Waals surface area contributed by atoms with Crippen LogP contribution in [0.4, 0.5) is 0 Å². The number of halogens is 3. The molecule has 0 aliphatic carbocycles. The third-order valence-electron chi connectivity index (χ3n) is 2.20. The molecule has 16 heavy (non-hydrogen) atoms. The lowest BCUT2D eigenvalue weighted by Gasteiger charge is -2.10. The van der Waals surface area contributed by atoms with Crippen molar-refractivity contribution in [3.8, 4) is 16.9 Å². The number of phenols is 1. The second kappa shape index (κ2) is 4.90. The lowest BCUT2D eigenvalue weighted by Crippen LogP contribution is -1.84. The lowest BCUT2D eigenvalue weighted by molar-refractivity contribution is 0.471. The van der Waals surface area contributed by atoms with E-state index in [9.17, 15) is 5.11 Å². The van der Waals surface area contributed by atoms with E-state index in [0.29, 0.717) is 4.47 Å². The monoisotopic (exact) mass is 404 g/mol. The minimum atomic E-state index is 0.207. The standard InChI is InChI=1S/C12H7Br3O/c13-8-6-9(16)11(14)12(15)10(8)7-4-2-1-3-5-7/h1-6,16H. The average molecular weight is 407 g/mol. The predicted octanol–water partition coefficient (Wildman–Crippen LogP) is 5.35. The Hall–Kier alpha value is -0.320. The van der Waals surface area contributed by atoms with E-state index < -0.39 is 0 Å². The highest BCUT2D eigenvalue weighted by Crippen LogP contribution is 2.44. The van der Waals surface area contributed by atoms with Crippen molar-refractivity contribution in [1.82, 2.24) is 0 Å². The summed E-state index contributed by atoms with van der Waals surface area (Å²) in [4.78, 5) is 0. The fourth-order valence-electron chi connectivity index (χ4n) is 1.45. The summed E-state index contributed by atoms with van der Waals surface area (Å²) in [6, 6.07) is 11.7. The maximum Gasteiger partial charge on any atom is 0.132 e. The number of aromatic hydroxyl groups is 1. The molecule has 4 heteroatoms. The molecule has 1 N–H and O–H groups in total. The minimum absolute atomic E-state index is 0.207. The van der Waals surface area contributed by atoms with Gasteiger partial charge >= 0.3 is 0 Å². The van der Waals surface area contributed by atoms with Crippen molar-refractivity contribution in [1.29, 1.82) is 0 Å². The zero-order chi connectivity index (χ0) is 11.7. The molecule has 0 bridgehead atoms. The second-order valence-corrected chi connectivity index (χ2v) is 5.69. The zero-order valence-corrected chi connectivity index (χ0v) is 12.8. The number of hydrogen-bond donors (Lipinski definition) is 1. The Morgan fingerprint density at radius 1 is 0.875 bits per heavy atom. The van der Waals surface area contributed by atoms with Crippen LogP contribution in [0, 0.1) is 0 Å². The molecule has 0 amide bonds. The van der Waals surface area contributed by atoms with Gasteiger partial charge in [-0.05, 0) is 59.4 Å². The highest BCUT2D eigenvalue weighted by Gasteiger charge is 2.14. The molecule has 0 spiro atoms. The highest BCUT2D eigenvalue weighted by molar-refractivity contribution is 9.13. The summed E-state index contributed by atoms with van der Waals surface area (Å²) in [7, 11) is 0. The van der Waals surface area contributed by atoms with Gasteiger partial charge in [-0.25, -0.2) is 0 Å². The Bertz CT molecular complexity index is 524. The van der Waals surface area contributed by atoms with E-state index in [1.807, 2.05) is 30.3 Å². The van der Waals surface area contributed by atoms with E-state index in [0.717, 1.165) is 20.1 Å². The molecule has 82 valence electrons. The summed E-state index contributed by atoms with van der Waals surface area (Å²) in [6.07, 6.45) is 0. The smallest absolute Gasteiger partial charge is 0.132 e. The first-order valence-corrected chi connectivity index (χ1v) is 6.91. The van der Waals surface area contributed by atoms with Crippen LogP contribution in [0.3, 0.4) is 0 Å². The molecule has 0 atom stereocenters. The maximum absolute atomic E-state index is 9.65. The van der Waals surface area contributed by atoms with E-state index in [1.165, 1.54) is 0 Å². The van der Waals surface area contributed by atoms with Gasteiger partial charge in [0.2, 0.25) is 0 Å². The van der Waals surface area contributed by atoms with Crippen molar-refractivity contribution in [2.75, 3.05) is 0 Å². The summed E-state index contributed by atoms with van der Waals surface area (Å²) < 4.78 is 2.35. The molecule has 0 aliphatic rings. The number of rotatable bonds is 1. The van der Waals surface area contributed by atoms with Gasteiger partial charge in [-0.15, -0.1) is 0 Å². The van der Waals surface area contributed by atoms with E-state index in [2.05, 4.69) is 47.8 Å². The van der Waals surface area contributed by atoms with Crippen LogP contribution in [0.25, 0.3) is 11.1 Å². The second-order valence-electron chi connectivity index (χ2n) is 3.25. The van der Waals surface area contributed by atoms with Crippen molar-refractivity contribution in [2.24, 2.45) is 0 Å². The summed E-state index contributed by atoms with van der Waals surface area (Å²) in [6.45, 7) is 0. The van der Waals surface area contributed by atoms with Crippen LogP contribution < -0.4 is 0 Å². The zero-order valence-electron chi connectivity index (χ0n) is 8.05. The largest absolute Gasteiger partial charge is 0.507 e. The van der Waals surface area contributed by atoms with E-state index in [4.69, 9.17) is 0 Å². The van der Waals surface area contributed by atoms with Crippen molar-refractivity contribution >= 4 is 47.8 Å². The third-order valence-corrected chi connectivity index (χ3v) is 4.96. The van der Waals surface area contributed by atoms with Crippen LogP contribution in [-0.2, 0) is 0 Å². The van der Waals surface area contributed by atoms with E-state index >= 15 is 0 Å². The van der Waals surface area contributed by atoms with Gasteiger partial charge in [0.05, 0.1) is 4.47 Å². The molecule has 0 saturated carbocycles. The predicted molar refractivity (Wildman–Crippen MR) is 76.6 cm³/mol. The molecule has 0 aromatic heterocycles.